The van der Waals surface area contributed by atoms with Gasteiger partial charge in [0.25, 0.3) is 5.91 Å². The summed E-state index contributed by atoms with van der Waals surface area (Å²) >= 11 is 0. The Labute approximate surface area is 181 Å². The van der Waals surface area contributed by atoms with Gasteiger partial charge in [-0.25, -0.2) is 0 Å². The van der Waals surface area contributed by atoms with Crippen LogP contribution in [0.1, 0.15) is 18.1 Å². The number of rotatable bonds is 8. The molecular formula is C25H26N2O4. The van der Waals surface area contributed by atoms with Crippen LogP contribution in [0.2, 0.25) is 0 Å². The van der Waals surface area contributed by atoms with Crippen LogP contribution in [0.4, 0.5) is 0 Å². The van der Waals surface area contributed by atoms with E-state index in [9.17, 15) is 14.4 Å². The zero-order valence-electron chi connectivity index (χ0n) is 17.7. The minimum atomic E-state index is -0.934. The van der Waals surface area contributed by atoms with E-state index in [4.69, 9.17) is 4.74 Å². The molecule has 0 aliphatic rings. The maximum atomic E-state index is 12.4. The Hall–Kier alpha value is -3.67. The summed E-state index contributed by atoms with van der Waals surface area (Å²) in [7, 11) is 1.66. The summed E-state index contributed by atoms with van der Waals surface area (Å²) in [5.41, 5.74) is 1.87. The van der Waals surface area contributed by atoms with Gasteiger partial charge in [0, 0.05) is 13.6 Å². The van der Waals surface area contributed by atoms with Crippen LogP contribution in [0.25, 0.3) is 10.8 Å². The molecule has 6 heteroatoms. The van der Waals surface area contributed by atoms with Crippen molar-refractivity contribution in [2.45, 2.75) is 26.0 Å². The third-order valence-electron chi connectivity index (χ3n) is 4.96. The number of carbonyl (C=O) groups is 3. The van der Waals surface area contributed by atoms with Crippen LogP contribution in [0.15, 0.2) is 72.8 Å². The number of benzene rings is 3. The lowest BCUT2D eigenvalue weighted by Crippen LogP contribution is -2.39. The molecule has 3 rings (SSSR count). The van der Waals surface area contributed by atoms with E-state index in [1.165, 1.54) is 11.8 Å². The van der Waals surface area contributed by atoms with E-state index in [1.54, 1.807) is 7.05 Å². The van der Waals surface area contributed by atoms with Gasteiger partial charge >= 0.3 is 5.97 Å². The summed E-state index contributed by atoms with van der Waals surface area (Å²) in [4.78, 5) is 38.4. The van der Waals surface area contributed by atoms with Gasteiger partial charge in [-0.1, -0.05) is 72.8 Å². The van der Waals surface area contributed by atoms with Crippen molar-refractivity contribution < 1.29 is 19.1 Å². The molecule has 3 aromatic rings. The molecule has 0 bridgehead atoms. The van der Waals surface area contributed by atoms with Crippen molar-refractivity contribution in [3.63, 3.8) is 0 Å². The van der Waals surface area contributed by atoms with Gasteiger partial charge in [0.15, 0.2) is 6.10 Å². The fraction of sp³-hybridized carbons (Fsp3) is 0.240. The van der Waals surface area contributed by atoms with Crippen molar-refractivity contribution in [3.05, 3.63) is 83.9 Å². The van der Waals surface area contributed by atoms with Crippen molar-refractivity contribution >= 4 is 28.6 Å². The van der Waals surface area contributed by atoms with Gasteiger partial charge in [-0.2, -0.15) is 0 Å². The zero-order chi connectivity index (χ0) is 22.2. The Kier molecular flexibility index (Phi) is 7.38. The molecule has 2 amide bonds. The van der Waals surface area contributed by atoms with Gasteiger partial charge in [-0.3, -0.25) is 14.4 Å². The number of fused-ring (bicyclic) bond motifs is 1. The van der Waals surface area contributed by atoms with Gasteiger partial charge in [-0.05, 0) is 28.8 Å². The molecule has 0 saturated carbocycles. The SMILES string of the molecule is C[C@H](OC(=O)CNC(=O)Cc1cccc2ccccc12)C(=O)N(C)Cc1ccccc1. The molecule has 0 aromatic heterocycles. The number of likely N-dealkylation sites (N-methyl/N-ethyl adjacent to an activating group) is 1. The summed E-state index contributed by atoms with van der Waals surface area (Å²) < 4.78 is 5.20. The summed E-state index contributed by atoms with van der Waals surface area (Å²) in [6, 6.07) is 23.2. The molecule has 160 valence electrons. The highest BCUT2D eigenvalue weighted by Gasteiger charge is 2.22. The number of nitrogens with one attached hydrogen (secondary N) is 1. The monoisotopic (exact) mass is 418 g/mol. The van der Waals surface area contributed by atoms with Crippen molar-refractivity contribution in [3.8, 4) is 0 Å². The number of hydrogen-bond donors (Lipinski definition) is 1. The van der Waals surface area contributed by atoms with Crippen molar-refractivity contribution in [1.82, 2.24) is 10.2 Å². The average molecular weight is 418 g/mol. The maximum Gasteiger partial charge on any atom is 0.326 e. The first-order chi connectivity index (χ1) is 14.9. The Morgan fingerprint density at radius 1 is 0.935 bits per heavy atom. The van der Waals surface area contributed by atoms with Gasteiger partial charge in [0.2, 0.25) is 5.91 Å². The van der Waals surface area contributed by atoms with Crippen LogP contribution >= 0.6 is 0 Å². The van der Waals surface area contributed by atoms with E-state index in [0.717, 1.165) is 21.9 Å². The quantitative estimate of drug-likeness (QED) is 0.571. The fourth-order valence-electron chi connectivity index (χ4n) is 3.39. The lowest BCUT2D eigenvalue weighted by Gasteiger charge is -2.21. The Balaban J connectivity index is 1.46. The van der Waals surface area contributed by atoms with E-state index in [0.29, 0.717) is 6.54 Å². The molecule has 0 fully saturated rings. The topological polar surface area (TPSA) is 75.7 Å². The van der Waals surface area contributed by atoms with E-state index in [2.05, 4.69) is 5.32 Å². The van der Waals surface area contributed by atoms with E-state index in [1.807, 2.05) is 72.8 Å². The third-order valence-corrected chi connectivity index (χ3v) is 4.96. The van der Waals surface area contributed by atoms with Crippen molar-refractivity contribution in [2.24, 2.45) is 0 Å². The highest BCUT2D eigenvalue weighted by molar-refractivity contribution is 5.91. The number of nitrogens with zero attached hydrogens (tertiary/aromatic N) is 1. The molecule has 0 heterocycles. The maximum absolute atomic E-state index is 12.4. The summed E-state index contributed by atoms with van der Waals surface area (Å²) in [6.07, 6.45) is -0.778. The van der Waals surface area contributed by atoms with E-state index < -0.39 is 12.1 Å². The lowest BCUT2D eigenvalue weighted by molar-refractivity contribution is -0.158. The number of carbonyl (C=O) groups excluding carboxylic acids is 3. The normalized spacial score (nSPS) is 11.5. The summed E-state index contributed by atoms with van der Waals surface area (Å²) in [5.74, 6) is -1.24. The lowest BCUT2D eigenvalue weighted by atomic mass is 10.0. The molecule has 0 spiro atoms. The molecule has 31 heavy (non-hydrogen) atoms. The van der Waals surface area contributed by atoms with Crippen LogP contribution < -0.4 is 5.32 Å². The predicted octanol–water partition coefficient (Wildman–Crippen LogP) is 3.09. The van der Waals surface area contributed by atoms with Crippen LogP contribution in [0.5, 0.6) is 0 Å². The third kappa shape index (κ3) is 6.15. The van der Waals surface area contributed by atoms with Gasteiger partial charge in [0.1, 0.15) is 6.54 Å². The molecule has 1 N–H and O–H groups in total. The largest absolute Gasteiger partial charge is 0.451 e. The summed E-state index contributed by atoms with van der Waals surface area (Å²) in [5, 5.41) is 4.63. The first kappa shape index (κ1) is 22.0. The Morgan fingerprint density at radius 3 is 2.39 bits per heavy atom. The van der Waals surface area contributed by atoms with Gasteiger partial charge in [-0.15, -0.1) is 0 Å². The fourth-order valence-corrected chi connectivity index (χ4v) is 3.39. The minimum Gasteiger partial charge on any atom is -0.451 e. The van der Waals surface area contributed by atoms with E-state index >= 15 is 0 Å². The smallest absolute Gasteiger partial charge is 0.326 e. The Morgan fingerprint density at radius 2 is 1.61 bits per heavy atom. The molecule has 3 aromatic carbocycles. The van der Waals surface area contributed by atoms with E-state index in [-0.39, 0.29) is 24.8 Å². The van der Waals surface area contributed by atoms with Gasteiger partial charge in [0.05, 0.1) is 6.42 Å². The second kappa shape index (κ2) is 10.4. The summed E-state index contributed by atoms with van der Waals surface area (Å²) in [6.45, 7) is 1.66. The number of esters is 1. The van der Waals surface area contributed by atoms with Crippen LogP contribution in [-0.2, 0) is 32.1 Å². The standard InChI is InChI=1S/C25H26N2O4/c1-18(25(30)27(2)17-19-9-4-3-5-10-19)31-24(29)16-26-23(28)15-21-13-8-12-20-11-6-7-14-22(20)21/h3-14,18H,15-17H2,1-2H3,(H,26,28)/t18-/m0/s1. The number of hydrogen-bond acceptors (Lipinski definition) is 4. The molecular weight excluding hydrogens is 392 g/mol. The highest BCUT2D eigenvalue weighted by atomic mass is 16.5. The highest BCUT2D eigenvalue weighted by Crippen LogP contribution is 2.18. The van der Waals surface area contributed by atoms with Gasteiger partial charge < -0.3 is 15.0 Å². The first-order valence-electron chi connectivity index (χ1n) is 10.2. The van der Waals surface area contributed by atoms with Crippen LogP contribution in [-0.4, -0.2) is 42.4 Å². The molecule has 0 radical (unpaired) electrons. The van der Waals surface area contributed by atoms with Crippen LogP contribution in [0, 0.1) is 0 Å². The second-order valence-corrected chi connectivity index (χ2v) is 7.40. The van der Waals surface area contributed by atoms with Crippen molar-refractivity contribution in [1.29, 1.82) is 0 Å². The molecule has 0 unspecified atom stereocenters. The molecule has 6 nitrogen and oxygen atoms in total. The molecule has 0 aliphatic heterocycles. The van der Waals surface area contributed by atoms with Crippen LogP contribution in [0.3, 0.4) is 0 Å². The Bertz CT molecular complexity index is 1060. The zero-order valence-corrected chi connectivity index (χ0v) is 17.7. The minimum absolute atomic E-state index is 0.156. The number of ether oxygens (including phenoxy) is 1. The first-order valence-corrected chi connectivity index (χ1v) is 10.2. The molecule has 1 atom stereocenters. The molecule has 0 saturated heterocycles. The van der Waals surface area contributed by atoms with Crippen molar-refractivity contribution in [2.75, 3.05) is 13.6 Å². The molecule has 0 aliphatic carbocycles. The second-order valence-electron chi connectivity index (χ2n) is 7.40. The predicted molar refractivity (Wildman–Crippen MR) is 119 cm³/mol. The number of amides is 2. The average Bonchev–Trinajstić information content (AvgIpc) is 2.78.